The number of benzene rings is 1. The molecule has 1 aromatic carbocycles. The van der Waals surface area contributed by atoms with Crippen molar-refractivity contribution in [2.45, 2.75) is 34.1 Å². The second kappa shape index (κ2) is 6.37. The molecule has 1 N–H and O–H groups in total. The number of aryl methyl sites for hydroxylation is 2. The van der Waals surface area contributed by atoms with Crippen molar-refractivity contribution in [3.63, 3.8) is 0 Å². The fourth-order valence-corrected chi connectivity index (χ4v) is 1.79. The van der Waals surface area contributed by atoms with E-state index in [4.69, 9.17) is 4.74 Å². The number of hydrogen-bond acceptors (Lipinski definition) is 4. The van der Waals surface area contributed by atoms with Crippen molar-refractivity contribution in [2.75, 3.05) is 11.9 Å². The first kappa shape index (κ1) is 14.3. The smallest absolute Gasteiger partial charge is 0.226 e. The van der Waals surface area contributed by atoms with Crippen LogP contribution in [0.4, 0.5) is 5.95 Å². The zero-order valence-corrected chi connectivity index (χ0v) is 12.5. The Hall–Kier alpha value is -2.10. The number of rotatable bonds is 5. The zero-order valence-electron chi connectivity index (χ0n) is 12.5. The van der Waals surface area contributed by atoms with E-state index in [0.717, 1.165) is 29.8 Å². The predicted molar refractivity (Wildman–Crippen MR) is 81.5 cm³/mol. The van der Waals surface area contributed by atoms with Crippen LogP contribution in [0.25, 0.3) is 0 Å². The normalized spacial score (nSPS) is 10.4. The summed E-state index contributed by atoms with van der Waals surface area (Å²) < 4.78 is 5.95. The molecule has 0 saturated carbocycles. The van der Waals surface area contributed by atoms with E-state index in [9.17, 15) is 0 Å². The van der Waals surface area contributed by atoms with Crippen LogP contribution in [0, 0.1) is 20.8 Å². The van der Waals surface area contributed by atoms with E-state index in [1.165, 1.54) is 5.56 Å². The number of hydrogen-bond donors (Lipinski definition) is 1. The molecule has 106 valence electrons. The van der Waals surface area contributed by atoms with Crippen LogP contribution in [0.3, 0.4) is 0 Å². The molecule has 4 nitrogen and oxygen atoms in total. The molecule has 1 aromatic heterocycles. The van der Waals surface area contributed by atoms with Gasteiger partial charge < -0.3 is 10.1 Å². The van der Waals surface area contributed by atoms with E-state index in [1.807, 2.05) is 19.1 Å². The van der Waals surface area contributed by atoms with Gasteiger partial charge in [0.25, 0.3) is 0 Å². The Kier molecular flexibility index (Phi) is 4.56. The van der Waals surface area contributed by atoms with Gasteiger partial charge in [-0.15, -0.1) is 0 Å². The Morgan fingerprint density at radius 2 is 1.95 bits per heavy atom. The van der Waals surface area contributed by atoms with Crippen LogP contribution in [-0.2, 0) is 0 Å². The number of nitrogens with one attached hydrogen (secondary N) is 1. The molecule has 0 bridgehead atoms. The first-order valence-electron chi connectivity index (χ1n) is 6.93. The number of anilines is 1. The summed E-state index contributed by atoms with van der Waals surface area (Å²) in [4.78, 5) is 8.69. The topological polar surface area (TPSA) is 47.0 Å². The van der Waals surface area contributed by atoms with Crippen LogP contribution in [0.15, 0.2) is 24.4 Å². The zero-order chi connectivity index (χ0) is 14.5. The Labute approximate surface area is 120 Å². The van der Waals surface area contributed by atoms with Crippen LogP contribution in [0.5, 0.6) is 11.6 Å². The van der Waals surface area contributed by atoms with E-state index in [2.05, 4.69) is 42.1 Å². The molecule has 2 aromatic rings. The van der Waals surface area contributed by atoms with Crippen LogP contribution in [0.1, 0.15) is 30.0 Å². The summed E-state index contributed by atoms with van der Waals surface area (Å²) in [6.07, 6.45) is 2.82. The summed E-state index contributed by atoms with van der Waals surface area (Å²) in [5.41, 5.74) is 3.26. The highest BCUT2D eigenvalue weighted by molar-refractivity contribution is 5.42. The molecule has 0 amide bonds. The van der Waals surface area contributed by atoms with Crippen LogP contribution in [-0.4, -0.2) is 16.5 Å². The van der Waals surface area contributed by atoms with Crippen molar-refractivity contribution in [1.29, 1.82) is 0 Å². The molecule has 0 spiro atoms. The molecule has 0 aliphatic carbocycles. The van der Waals surface area contributed by atoms with Crippen molar-refractivity contribution in [1.82, 2.24) is 9.97 Å². The average molecular weight is 271 g/mol. The predicted octanol–water partition coefficient (Wildman–Crippen LogP) is 4.02. The lowest BCUT2D eigenvalue weighted by atomic mass is 10.1. The van der Waals surface area contributed by atoms with Gasteiger partial charge in [0.2, 0.25) is 11.8 Å². The summed E-state index contributed by atoms with van der Waals surface area (Å²) in [7, 11) is 0. The second-order valence-electron chi connectivity index (χ2n) is 4.91. The summed E-state index contributed by atoms with van der Waals surface area (Å²) in [6.45, 7) is 9.03. The third-order valence-corrected chi connectivity index (χ3v) is 3.22. The van der Waals surface area contributed by atoms with E-state index >= 15 is 0 Å². The fourth-order valence-electron chi connectivity index (χ4n) is 1.79. The minimum absolute atomic E-state index is 0.604. The van der Waals surface area contributed by atoms with Gasteiger partial charge in [-0.05, 0) is 44.4 Å². The first-order valence-corrected chi connectivity index (χ1v) is 6.93. The molecule has 0 aliphatic heterocycles. The second-order valence-corrected chi connectivity index (χ2v) is 4.91. The van der Waals surface area contributed by atoms with E-state index in [-0.39, 0.29) is 0 Å². The highest BCUT2D eigenvalue weighted by atomic mass is 16.5. The third kappa shape index (κ3) is 3.26. The molecule has 0 unspecified atom stereocenters. The molecule has 1 heterocycles. The van der Waals surface area contributed by atoms with Crippen LogP contribution in [0.2, 0.25) is 0 Å². The van der Waals surface area contributed by atoms with Crippen molar-refractivity contribution in [2.24, 2.45) is 0 Å². The van der Waals surface area contributed by atoms with E-state index < -0.39 is 0 Å². The first-order chi connectivity index (χ1) is 9.61. The Balaban J connectivity index is 2.26. The third-order valence-electron chi connectivity index (χ3n) is 3.22. The quantitative estimate of drug-likeness (QED) is 0.892. The molecule has 0 saturated heterocycles. The van der Waals surface area contributed by atoms with Gasteiger partial charge in [0.05, 0.1) is 0 Å². The Morgan fingerprint density at radius 1 is 1.15 bits per heavy atom. The lowest BCUT2D eigenvalue weighted by molar-refractivity contribution is 0.454. The minimum Gasteiger partial charge on any atom is -0.438 e. The van der Waals surface area contributed by atoms with Gasteiger partial charge in [-0.2, -0.15) is 4.98 Å². The lowest BCUT2D eigenvalue weighted by Gasteiger charge is -2.12. The van der Waals surface area contributed by atoms with Gasteiger partial charge in [-0.3, -0.25) is 0 Å². The van der Waals surface area contributed by atoms with Gasteiger partial charge in [-0.25, -0.2) is 4.98 Å². The highest BCUT2D eigenvalue weighted by Crippen LogP contribution is 2.27. The molecule has 0 atom stereocenters. The molecular weight excluding hydrogens is 250 g/mol. The number of ether oxygens (including phenoxy) is 1. The number of nitrogens with zero attached hydrogens (tertiary/aromatic N) is 2. The summed E-state index contributed by atoms with van der Waals surface area (Å²) >= 11 is 0. The van der Waals surface area contributed by atoms with Gasteiger partial charge in [-0.1, -0.05) is 19.1 Å². The van der Waals surface area contributed by atoms with Crippen LogP contribution < -0.4 is 10.1 Å². The summed E-state index contributed by atoms with van der Waals surface area (Å²) in [6, 6.07) is 6.02. The molecular formula is C16H21N3O. The molecule has 0 aliphatic rings. The maximum Gasteiger partial charge on any atom is 0.226 e. The molecule has 4 heteroatoms. The van der Waals surface area contributed by atoms with E-state index in [0.29, 0.717) is 11.8 Å². The molecule has 2 rings (SSSR count). The van der Waals surface area contributed by atoms with Gasteiger partial charge in [0.15, 0.2) is 0 Å². The van der Waals surface area contributed by atoms with Gasteiger partial charge in [0.1, 0.15) is 5.75 Å². The largest absolute Gasteiger partial charge is 0.438 e. The number of aromatic nitrogens is 2. The summed E-state index contributed by atoms with van der Waals surface area (Å²) in [5.74, 6) is 2.05. The average Bonchev–Trinajstić information content (AvgIpc) is 2.44. The minimum atomic E-state index is 0.604. The van der Waals surface area contributed by atoms with Gasteiger partial charge in [0, 0.05) is 18.3 Å². The van der Waals surface area contributed by atoms with Crippen molar-refractivity contribution in [3.05, 3.63) is 41.1 Å². The standard InChI is InChI=1S/C16H21N3O/c1-5-9-17-16-18-10-12(3)15(19-16)20-14-8-6-7-11(2)13(14)4/h6-8,10H,5,9H2,1-4H3,(H,17,18,19). The van der Waals surface area contributed by atoms with Crippen molar-refractivity contribution in [3.8, 4) is 11.6 Å². The molecule has 0 radical (unpaired) electrons. The van der Waals surface area contributed by atoms with Crippen molar-refractivity contribution < 1.29 is 4.74 Å². The maximum absolute atomic E-state index is 5.95. The maximum atomic E-state index is 5.95. The Morgan fingerprint density at radius 3 is 2.70 bits per heavy atom. The fraction of sp³-hybridized carbons (Fsp3) is 0.375. The monoisotopic (exact) mass is 271 g/mol. The van der Waals surface area contributed by atoms with E-state index in [1.54, 1.807) is 6.20 Å². The van der Waals surface area contributed by atoms with Gasteiger partial charge >= 0.3 is 0 Å². The molecule has 20 heavy (non-hydrogen) atoms. The molecule has 0 fully saturated rings. The van der Waals surface area contributed by atoms with Crippen molar-refractivity contribution >= 4 is 5.95 Å². The lowest BCUT2D eigenvalue weighted by Crippen LogP contribution is -2.05. The van der Waals surface area contributed by atoms with Crippen LogP contribution >= 0.6 is 0 Å². The summed E-state index contributed by atoms with van der Waals surface area (Å²) in [5, 5.41) is 3.17. The highest BCUT2D eigenvalue weighted by Gasteiger charge is 2.08. The Bertz CT molecular complexity index is 596. The SMILES string of the molecule is CCCNc1ncc(C)c(Oc2cccc(C)c2C)n1.